The number of hydrogen-bond acceptors (Lipinski definition) is 3. The highest BCUT2D eigenvalue weighted by Gasteiger charge is 2.38. The number of aliphatic imine (C=N–C) groups is 1. The first-order valence-corrected chi connectivity index (χ1v) is 6.92. The van der Waals surface area contributed by atoms with E-state index in [4.69, 9.17) is 16.7 Å². The molecule has 0 radical (unpaired) electrons. The molecule has 110 valence electrons. The number of Topliss-reactive ketones (excluding diaryl/α,β-unsaturated/α-hetero) is 1. The Hall–Kier alpha value is -1.94. The lowest BCUT2D eigenvalue weighted by Crippen LogP contribution is -2.25. The Morgan fingerprint density at radius 1 is 1.24 bits per heavy atom. The number of carbonyl (C=O) groups excluding carboxylic acids is 1. The topological polar surface area (TPSA) is 66.7 Å². The minimum Gasteiger partial charge on any atom is -0.481 e. The van der Waals surface area contributed by atoms with Gasteiger partial charge < -0.3 is 5.11 Å². The summed E-state index contributed by atoms with van der Waals surface area (Å²) in [5, 5.41) is 9.58. The van der Waals surface area contributed by atoms with Gasteiger partial charge in [0.25, 0.3) is 0 Å². The van der Waals surface area contributed by atoms with E-state index in [0.29, 0.717) is 16.3 Å². The number of benzene rings is 1. The molecule has 1 unspecified atom stereocenters. The SMILES string of the molecule is CC1=C(C)C(C)(CC(=O)O)N=C1C(=O)c1ccc(Cl)cc1. The summed E-state index contributed by atoms with van der Waals surface area (Å²) in [4.78, 5) is 27.9. The fourth-order valence-electron chi connectivity index (χ4n) is 2.42. The first-order chi connectivity index (χ1) is 9.74. The van der Waals surface area contributed by atoms with E-state index in [-0.39, 0.29) is 12.2 Å². The maximum Gasteiger partial charge on any atom is 0.306 e. The predicted molar refractivity (Wildman–Crippen MR) is 82.2 cm³/mol. The Labute approximate surface area is 128 Å². The third-order valence-corrected chi connectivity index (χ3v) is 4.15. The summed E-state index contributed by atoms with van der Waals surface area (Å²) in [7, 11) is 0. The van der Waals surface area contributed by atoms with E-state index in [9.17, 15) is 9.59 Å². The maximum absolute atomic E-state index is 12.5. The molecule has 1 aromatic rings. The zero-order valence-corrected chi connectivity index (χ0v) is 12.9. The molecular formula is C16H16ClNO3. The van der Waals surface area contributed by atoms with Crippen molar-refractivity contribution in [3.63, 3.8) is 0 Å². The van der Waals surface area contributed by atoms with Crippen LogP contribution in [0.3, 0.4) is 0 Å². The molecule has 0 spiro atoms. The van der Waals surface area contributed by atoms with Crippen LogP contribution < -0.4 is 0 Å². The number of carboxylic acids is 1. The van der Waals surface area contributed by atoms with Crippen LogP contribution in [0.15, 0.2) is 40.4 Å². The third-order valence-electron chi connectivity index (χ3n) is 3.90. The van der Waals surface area contributed by atoms with Crippen molar-refractivity contribution < 1.29 is 14.7 Å². The monoisotopic (exact) mass is 305 g/mol. The fourth-order valence-corrected chi connectivity index (χ4v) is 2.55. The zero-order valence-electron chi connectivity index (χ0n) is 12.1. The molecule has 2 rings (SSSR count). The van der Waals surface area contributed by atoms with Gasteiger partial charge in [-0.2, -0.15) is 0 Å². The molecule has 0 saturated heterocycles. The number of nitrogens with zero attached hydrogens (tertiary/aromatic N) is 1. The van der Waals surface area contributed by atoms with Gasteiger partial charge in [-0.15, -0.1) is 0 Å². The van der Waals surface area contributed by atoms with Crippen molar-refractivity contribution in [1.29, 1.82) is 0 Å². The molecule has 5 heteroatoms. The number of allylic oxidation sites excluding steroid dienone is 1. The molecule has 1 aliphatic rings. The van der Waals surface area contributed by atoms with Crippen LogP contribution in [-0.2, 0) is 4.79 Å². The quantitative estimate of drug-likeness (QED) is 0.865. The van der Waals surface area contributed by atoms with Crippen LogP contribution in [0, 0.1) is 0 Å². The largest absolute Gasteiger partial charge is 0.481 e. The smallest absolute Gasteiger partial charge is 0.306 e. The minimum atomic E-state index is -0.936. The first kappa shape index (κ1) is 15.4. The molecule has 4 nitrogen and oxygen atoms in total. The second-order valence-electron chi connectivity index (χ2n) is 5.39. The van der Waals surface area contributed by atoms with Crippen molar-refractivity contribution in [2.24, 2.45) is 4.99 Å². The second kappa shape index (κ2) is 5.45. The van der Waals surface area contributed by atoms with E-state index in [1.54, 1.807) is 38.1 Å². The van der Waals surface area contributed by atoms with E-state index >= 15 is 0 Å². The molecule has 0 aromatic heterocycles. The molecule has 0 aliphatic carbocycles. The summed E-state index contributed by atoms with van der Waals surface area (Å²) in [6.07, 6.45) is -0.131. The summed E-state index contributed by atoms with van der Waals surface area (Å²) in [6.45, 7) is 5.36. The van der Waals surface area contributed by atoms with Crippen LogP contribution in [0.4, 0.5) is 0 Å². The van der Waals surface area contributed by atoms with Gasteiger partial charge in [-0.05, 0) is 56.2 Å². The Bertz CT molecular complexity index is 673. The van der Waals surface area contributed by atoms with Gasteiger partial charge in [0.2, 0.25) is 5.78 Å². The third kappa shape index (κ3) is 2.90. The van der Waals surface area contributed by atoms with E-state index < -0.39 is 11.5 Å². The number of carboxylic acid groups (broad SMARTS) is 1. The van der Waals surface area contributed by atoms with Crippen molar-refractivity contribution in [2.75, 3.05) is 0 Å². The van der Waals surface area contributed by atoms with Gasteiger partial charge in [-0.25, -0.2) is 0 Å². The number of aliphatic carboxylic acids is 1. The summed E-state index contributed by atoms with van der Waals surface area (Å²) in [5.41, 5.74) is 1.54. The highest BCUT2D eigenvalue weighted by molar-refractivity contribution is 6.52. The number of rotatable bonds is 4. The van der Waals surface area contributed by atoms with Crippen molar-refractivity contribution in [3.8, 4) is 0 Å². The highest BCUT2D eigenvalue weighted by Crippen LogP contribution is 2.35. The molecule has 1 aliphatic heterocycles. The Balaban J connectivity index is 2.40. The van der Waals surface area contributed by atoms with Gasteiger partial charge >= 0.3 is 5.97 Å². The van der Waals surface area contributed by atoms with Crippen LogP contribution >= 0.6 is 11.6 Å². The van der Waals surface area contributed by atoms with Crippen molar-refractivity contribution in [1.82, 2.24) is 0 Å². The average Bonchev–Trinajstić information content (AvgIpc) is 2.63. The van der Waals surface area contributed by atoms with Crippen LogP contribution in [0.1, 0.15) is 37.6 Å². The Kier molecular flexibility index (Phi) is 4.01. The first-order valence-electron chi connectivity index (χ1n) is 6.55. The fraction of sp³-hybridized carbons (Fsp3) is 0.312. The molecular weight excluding hydrogens is 290 g/mol. The number of carbonyl (C=O) groups is 2. The summed E-state index contributed by atoms with van der Waals surface area (Å²) >= 11 is 5.81. The minimum absolute atomic E-state index is 0.131. The maximum atomic E-state index is 12.5. The summed E-state index contributed by atoms with van der Waals surface area (Å²) in [6, 6.07) is 6.57. The number of halogens is 1. The lowest BCUT2D eigenvalue weighted by Gasteiger charge is -2.20. The standard InChI is InChI=1S/C16H16ClNO3/c1-9-10(2)16(3,8-13(19)20)18-14(9)15(21)11-4-6-12(17)7-5-11/h4-7H,8H2,1-3H3,(H,19,20). The van der Waals surface area contributed by atoms with E-state index in [0.717, 1.165) is 11.1 Å². The van der Waals surface area contributed by atoms with Gasteiger partial charge in [0, 0.05) is 10.6 Å². The molecule has 1 N–H and O–H groups in total. The second-order valence-corrected chi connectivity index (χ2v) is 5.83. The lowest BCUT2D eigenvalue weighted by atomic mass is 9.89. The molecule has 0 bridgehead atoms. The summed E-state index contributed by atoms with van der Waals surface area (Å²) < 4.78 is 0. The Morgan fingerprint density at radius 2 is 1.81 bits per heavy atom. The molecule has 1 atom stereocenters. The van der Waals surface area contributed by atoms with E-state index in [1.165, 1.54) is 0 Å². The van der Waals surface area contributed by atoms with Crippen LogP contribution in [0.2, 0.25) is 5.02 Å². The van der Waals surface area contributed by atoms with Crippen molar-refractivity contribution in [3.05, 3.63) is 46.0 Å². The highest BCUT2D eigenvalue weighted by atomic mass is 35.5. The van der Waals surface area contributed by atoms with Crippen LogP contribution in [-0.4, -0.2) is 28.1 Å². The molecule has 0 fully saturated rings. The molecule has 21 heavy (non-hydrogen) atoms. The number of ketones is 1. The van der Waals surface area contributed by atoms with Gasteiger partial charge in [0.15, 0.2) is 0 Å². The molecule has 1 aromatic carbocycles. The van der Waals surface area contributed by atoms with Crippen LogP contribution in [0.5, 0.6) is 0 Å². The van der Waals surface area contributed by atoms with E-state index in [2.05, 4.69) is 4.99 Å². The molecule has 0 saturated carbocycles. The molecule has 0 amide bonds. The zero-order chi connectivity index (χ0) is 15.8. The normalized spacial score (nSPS) is 21.4. The summed E-state index contributed by atoms with van der Waals surface area (Å²) in [5.74, 6) is -1.15. The van der Waals surface area contributed by atoms with Gasteiger partial charge in [0.1, 0.15) is 5.71 Å². The van der Waals surface area contributed by atoms with Gasteiger partial charge in [0.05, 0.1) is 12.0 Å². The molecule has 1 heterocycles. The predicted octanol–water partition coefficient (Wildman–Crippen LogP) is 3.55. The van der Waals surface area contributed by atoms with Crippen molar-refractivity contribution >= 4 is 29.1 Å². The number of hydrogen-bond donors (Lipinski definition) is 1. The van der Waals surface area contributed by atoms with Gasteiger partial charge in [-0.3, -0.25) is 14.6 Å². The average molecular weight is 306 g/mol. The van der Waals surface area contributed by atoms with E-state index in [1.807, 2.05) is 6.92 Å². The van der Waals surface area contributed by atoms with Crippen molar-refractivity contribution in [2.45, 2.75) is 32.7 Å². The van der Waals surface area contributed by atoms with Gasteiger partial charge in [-0.1, -0.05) is 11.6 Å². The Morgan fingerprint density at radius 3 is 2.33 bits per heavy atom. The van der Waals surface area contributed by atoms with Crippen LogP contribution in [0.25, 0.3) is 0 Å². The lowest BCUT2D eigenvalue weighted by molar-refractivity contribution is -0.137.